The van der Waals surface area contributed by atoms with E-state index in [1.54, 1.807) is 0 Å². The summed E-state index contributed by atoms with van der Waals surface area (Å²) in [4.78, 5) is 4.42. The van der Waals surface area contributed by atoms with Gasteiger partial charge in [0.2, 0.25) is 5.89 Å². The molecule has 1 aromatic heterocycles. The average Bonchev–Trinajstić information content (AvgIpc) is 2.76. The Labute approximate surface area is 94.0 Å². The van der Waals surface area contributed by atoms with Gasteiger partial charge in [0.1, 0.15) is 0 Å². The number of aryl methyl sites for hydroxylation is 1. The van der Waals surface area contributed by atoms with Crippen LogP contribution < -0.4 is 5.73 Å². The number of nitrogens with zero attached hydrogens (tertiary/aromatic N) is 2. The zero-order valence-electron chi connectivity index (χ0n) is 8.82. The predicted molar refractivity (Wildman–Crippen MR) is 61.0 cm³/mol. The van der Waals surface area contributed by atoms with Crippen LogP contribution in [-0.2, 0) is 6.42 Å². The zero-order valence-corrected chi connectivity index (χ0v) is 9.63. The molecular weight excluding hydrogens is 210 g/mol. The van der Waals surface area contributed by atoms with Crippen LogP contribution in [0.15, 0.2) is 4.52 Å². The van der Waals surface area contributed by atoms with Gasteiger partial charge >= 0.3 is 0 Å². The van der Waals surface area contributed by atoms with Gasteiger partial charge in [-0.25, -0.2) is 0 Å². The molecule has 15 heavy (non-hydrogen) atoms. The van der Waals surface area contributed by atoms with Crippen LogP contribution in [0.3, 0.4) is 0 Å². The van der Waals surface area contributed by atoms with Crippen LogP contribution in [0.25, 0.3) is 0 Å². The summed E-state index contributed by atoms with van der Waals surface area (Å²) in [6, 6.07) is 0. The molecule has 0 aliphatic carbocycles. The minimum atomic E-state index is 0.475. The van der Waals surface area contributed by atoms with Crippen molar-refractivity contribution in [1.29, 1.82) is 0 Å². The number of hydrogen-bond donors (Lipinski definition) is 1. The van der Waals surface area contributed by atoms with Crippen LogP contribution in [0.2, 0.25) is 0 Å². The summed E-state index contributed by atoms with van der Waals surface area (Å²) >= 11 is 1.98. The molecule has 0 radical (unpaired) electrons. The summed E-state index contributed by atoms with van der Waals surface area (Å²) < 4.78 is 5.29. The van der Waals surface area contributed by atoms with Crippen LogP contribution in [-0.4, -0.2) is 28.2 Å². The smallest absolute Gasteiger partial charge is 0.230 e. The first-order valence-electron chi connectivity index (χ1n) is 5.50. The first-order chi connectivity index (χ1) is 7.40. The molecule has 1 fully saturated rings. The Bertz CT molecular complexity index is 297. The van der Waals surface area contributed by atoms with Gasteiger partial charge in [0.05, 0.1) is 0 Å². The van der Waals surface area contributed by atoms with Crippen molar-refractivity contribution in [2.45, 2.75) is 31.6 Å². The van der Waals surface area contributed by atoms with E-state index in [9.17, 15) is 0 Å². The van der Waals surface area contributed by atoms with Gasteiger partial charge < -0.3 is 10.3 Å². The van der Waals surface area contributed by atoms with E-state index in [2.05, 4.69) is 10.1 Å². The van der Waals surface area contributed by atoms with E-state index in [0.29, 0.717) is 12.5 Å². The highest BCUT2D eigenvalue weighted by Crippen LogP contribution is 2.29. The first-order valence-corrected chi connectivity index (χ1v) is 6.66. The molecule has 2 rings (SSSR count). The quantitative estimate of drug-likeness (QED) is 0.846. The molecule has 0 bridgehead atoms. The largest absolute Gasteiger partial charge is 0.339 e. The molecule has 5 heteroatoms. The molecule has 1 unspecified atom stereocenters. The Morgan fingerprint density at radius 2 is 2.47 bits per heavy atom. The maximum absolute atomic E-state index is 5.44. The minimum absolute atomic E-state index is 0.475. The van der Waals surface area contributed by atoms with Crippen molar-refractivity contribution >= 4 is 11.8 Å². The summed E-state index contributed by atoms with van der Waals surface area (Å²) in [5, 5.41) is 3.98. The summed E-state index contributed by atoms with van der Waals surface area (Å²) in [7, 11) is 0. The first kappa shape index (κ1) is 11.0. The summed E-state index contributed by atoms with van der Waals surface area (Å²) in [6.45, 7) is 0.684. The van der Waals surface area contributed by atoms with Crippen LogP contribution >= 0.6 is 11.8 Å². The second-order valence-electron chi connectivity index (χ2n) is 3.86. The van der Waals surface area contributed by atoms with Crippen LogP contribution in [0.5, 0.6) is 0 Å². The normalized spacial score (nSPS) is 21.8. The van der Waals surface area contributed by atoms with Gasteiger partial charge in [-0.15, -0.1) is 0 Å². The summed E-state index contributed by atoms with van der Waals surface area (Å²) in [5.41, 5.74) is 5.44. The third kappa shape index (κ3) is 2.95. The fourth-order valence-electron chi connectivity index (χ4n) is 1.73. The maximum Gasteiger partial charge on any atom is 0.230 e. The molecule has 2 heterocycles. The molecule has 0 spiro atoms. The number of thioether (sulfide) groups is 1. The Hall–Kier alpha value is -0.550. The molecule has 0 aromatic carbocycles. The van der Waals surface area contributed by atoms with Crippen LogP contribution in [0.4, 0.5) is 0 Å². The van der Waals surface area contributed by atoms with Crippen LogP contribution in [0.1, 0.15) is 36.9 Å². The van der Waals surface area contributed by atoms with Crippen molar-refractivity contribution in [3.05, 3.63) is 11.7 Å². The fraction of sp³-hybridized carbons (Fsp3) is 0.800. The third-order valence-corrected chi connectivity index (χ3v) is 3.81. The molecule has 4 nitrogen and oxygen atoms in total. The van der Waals surface area contributed by atoms with E-state index in [1.807, 2.05) is 11.8 Å². The highest BCUT2D eigenvalue weighted by atomic mass is 32.2. The van der Waals surface area contributed by atoms with Crippen molar-refractivity contribution in [3.63, 3.8) is 0 Å². The lowest BCUT2D eigenvalue weighted by Gasteiger charge is -2.16. The van der Waals surface area contributed by atoms with E-state index >= 15 is 0 Å². The highest BCUT2D eigenvalue weighted by molar-refractivity contribution is 7.99. The average molecular weight is 227 g/mol. The summed E-state index contributed by atoms with van der Waals surface area (Å²) in [5.74, 6) is 4.51. The molecule has 1 saturated heterocycles. The minimum Gasteiger partial charge on any atom is -0.339 e. The number of nitrogens with two attached hydrogens (primary N) is 1. The van der Waals surface area contributed by atoms with E-state index in [-0.39, 0.29) is 0 Å². The van der Waals surface area contributed by atoms with Crippen molar-refractivity contribution in [3.8, 4) is 0 Å². The van der Waals surface area contributed by atoms with Gasteiger partial charge in [-0.1, -0.05) is 5.16 Å². The zero-order chi connectivity index (χ0) is 10.5. The van der Waals surface area contributed by atoms with Crippen molar-refractivity contribution < 1.29 is 4.52 Å². The number of aromatic nitrogens is 2. The third-order valence-electron chi connectivity index (χ3n) is 2.60. The van der Waals surface area contributed by atoms with Gasteiger partial charge in [0.15, 0.2) is 5.82 Å². The van der Waals surface area contributed by atoms with E-state index < -0.39 is 0 Å². The Balaban J connectivity index is 1.93. The Morgan fingerprint density at radius 1 is 1.53 bits per heavy atom. The monoisotopic (exact) mass is 227 g/mol. The van der Waals surface area contributed by atoms with E-state index in [4.69, 9.17) is 10.3 Å². The molecule has 1 aromatic rings. The molecule has 0 saturated carbocycles. The summed E-state index contributed by atoms with van der Waals surface area (Å²) in [6.07, 6.45) is 4.21. The lowest BCUT2D eigenvalue weighted by Crippen LogP contribution is -2.09. The molecule has 1 atom stereocenters. The Kier molecular flexibility index (Phi) is 4.02. The van der Waals surface area contributed by atoms with Crippen molar-refractivity contribution in [1.82, 2.24) is 10.1 Å². The van der Waals surface area contributed by atoms with E-state index in [1.165, 1.54) is 18.6 Å². The molecule has 0 amide bonds. The predicted octanol–water partition coefficient (Wildman–Crippen LogP) is 1.57. The fourth-order valence-corrected chi connectivity index (χ4v) is 2.86. The van der Waals surface area contributed by atoms with Gasteiger partial charge in [-0.3, -0.25) is 0 Å². The lowest BCUT2D eigenvalue weighted by atomic mass is 10.1. The van der Waals surface area contributed by atoms with Crippen molar-refractivity contribution in [2.24, 2.45) is 5.73 Å². The molecule has 1 aliphatic rings. The SMILES string of the molecule is NCCCc1noc(C2CCCSC2)n1. The van der Waals surface area contributed by atoms with E-state index in [0.717, 1.165) is 30.3 Å². The van der Waals surface area contributed by atoms with Gasteiger partial charge in [-0.05, 0) is 31.6 Å². The molecule has 2 N–H and O–H groups in total. The number of hydrogen-bond acceptors (Lipinski definition) is 5. The maximum atomic E-state index is 5.44. The topological polar surface area (TPSA) is 64.9 Å². The van der Waals surface area contributed by atoms with Gasteiger partial charge in [0, 0.05) is 18.1 Å². The van der Waals surface area contributed by atoms with Crippen LogP contribution in [0, 0.1) is 0 Å². The molecule has 84 valence electrons. The second kappa shape index (κ2) is 5.51. The van der Waals surface area contributed by atoms with Gasteiger partial charge in [-0.2, -0.15) is 16.7 Å². The highest BCUT2D eigenvalue weighted by Gasteiger charge is 2.21. The molecule has 1 aliphatic heterocycles. The second-order valence-corrected chi connectivity index (χ2v) is 5.00. The Morgan fingerprint density at radius 3 is 3.20 bits per heavy atom. The number of rotatable bonds is 4. The lowest BCUT2D eigenvalue weighted by molar-refractivity contribution is 0.349. The van der Waals surface area contributed by atoms with Gasteiger partial charge in [0.25, 0.3) is 0 Å². The van der Waals surface area contributed by atoms with Crippen molar-refractivity contribution in [2.75, 3.05) is 18.1 Å². The standard InChI is InChI=1S/C10H17N3OS/c11-5-1-4-9-12-10(14-13-9)8-3-2-6-15-7-8/h8H,1-7,11H2. The molecular formula is C10H17N3OS.